The molecule has 0 radical (unpaired) electrons. The lowest BCUT2D eigenvalue weighted by atomic mass is 10.0. The molecular formula is C50H43N3. The van der Waals surface area contributed by atoms with Crippen LogP contribution >= 0.6 is 0 Å². The number of hydrogen-bond donors (Lipinski definition) is 0. The van der Waals surface area contributed by atoms with Gasteiger partial charge in [0.05, 0.1) is 38.8 Å². The van der Waals surface area contributed by atoms with Crippen LogP contribution < -0.4 is 0 Å². The van der Waals surface area contributed by atoms with Crippen molar-refractivity contribution in [2.24, 2.45) is 0 Å². The van der Waals surface area contributed by atoms with E-state index in [0.29, 0.717) is 0 Å². The Kier molecular flexibility index (Phi) is 7.68. The van der Waals surface area contributed by atoms with E-state index >= 15 is 0 Å². The molecule has 0 amide bonds. The number of unbranched alkanes of at least 4 members (excludes halogenated alkanes) is 2. The fourth-order valence-corrected chi connectivity index (χ4v) is 8.87. The van der Waals surface area contributed by atoms with Crippen LogP contribution in [0.2, 0.25) is 0 Å². The first-order valence-corrected chi connectivity index (χ1v) is 19.4. The highest BCUT2D eigenvalue weighted by Crippen LogP contribution is 2.41. The Morgan fingerprint density at radius 1 is 0.358 bits per heavy atom. The van der Waals surface area contributed by atoms with E-state index in [1.807, 2.05) is 0 Å². The number of aromatic nitrogens is 3. The zero-order chi connectivity index (χ0) is 35.5. The molecule has 0 unspecified atom stereocenters. The number of fused-ring (bicyclic) bond motifs is 9. The van der Waals surface area contributed by atoms with E-state index in [4.69, 9.17) is 0 Å². The second-order valence-electron chi connectivity index (χ2n) is 14.7. The molecular weight excluding hydrogens is 643 g/mol. The Hall–Kier alpha value is -6.06. The van der Waals surface area contributed by atoms with Crippen LogP contribution in [-0.4, -0.2) is 13.7 Å². The fourth-order valence-electron chi connectivity index (χ4n) is 8.87. The molecule has 7 aromatic carbocycles. The molecule has 10 aromatic rings. The normalized spacial score (nSPS) is 12.0. The molecule has 0 aliphatic carbocycles. The van der Waals surface area contributed by atoms with Crippen molar-refractivity contribution >= 4 is 65.4 Å². The highest BCUT2D eigenvalue weighted by atomic mass is 15.0. The monoisotopic (exact) mass is 685 g/mol. The number of aryl methyl sites for hydroxylation is 2. The molecule has 10 rings (SSSR count). The molecule has 258 valence electrons. The van der Waals surface area contributed by atoms with Gasteiger partial charge in [-0.25, -0.2) is 0 Å². The van der Waals surface area contributed by atoms with Gasteiger partial charge in [-0.15, -0.1) is 0 Å². The van der Waals surface area contributed by atoms with Crippen LogP contribution in [0.15, 0.2) is 152 Å². The van der Waals surface area contributed by atoms with Crippen molar-refractivity contribution in [2.75, 3.05) is 0 Å². The number of nitrogens with zero attached hydrogens (tertiary/aromatic N) is 3. The Bertz CT molecular complexity index is 2910. The van der Waals surface area contributed by atoms with Gasteiger partial charge in [-0.2, -0.15) is 0 Å². The molecule has 0 atom stereocenters. The van der Waals surface area contributed by atoms with E-state index in [9.17, 15) is 0 Å². The van der Waals surface area contributed by atoms with E-state index in [1.54, 1.807) is 0 Å². The molecule has 0 bridgehead atoms. The van der Waals surface area contributed by atoms with Gasteiger partial charge in [-0.1, -0.05) is 99.5 Å². The summed E-state index contributed by atoms with van der Waals surface area (Å²) in [5, 5.41) is 7.76. The molecule has 0 saturated heterocycles. The van der Waals surface area contributed by atoms with Crippen molar-refractivity contribution in [1.82, 2.24) is 13.7 Å². The highest BCUT2D eigenvalue weighted by molar-refractivity contribution is 6.17. The maximum atomic E-state index is 2.54. The Balaban J connectivity index is 1.23. The van der Waals surface area contributed by atoms with Gasteiger partial charge in [0.1, 0.15) is 0 Å². The van der Waals surface area contributed by atoms with E-state index in [2.05, 4.69) is 179 Å². The third-order valence-electron chi connectivity index (χ3n) is 11.4. The minimum Gasteiger partial charge on any atom is -0.309 e. The Morgan fingerprint density at radius 3 is 1.55 bits per heavy atom. The first kappa shape index (κ1) is 31.7. The topological polar surface area (TPSA) is 14.8 Å². The third kappa shape index (κ3) is 5.02. The summed E-state index contributed by atoms with van der Waals surface area (Å²) < 4.78 is 7.40. The lowest BCUT2D eigenvalue weighted by Crippen LogP contribution is -1.97. The lowest BCUT2D eigenvalue weighted by molar-refractivity contribution is 0.795. The quantitative estimate of drug-likeness (QED) is 0.144. The SMILES string of the molecule is CCCCc1ccc2c(c1)c1cc(CCCC)ccc1n2-c1cccc2c1c1ccccc1n2-c1ccc2c(c1)c1ccccc1n2-c1ccccc1. The minimum atomic E-state index is 1.12. The predicted octanol–water partition coefficient (Wildman–Crippen LogP) is 13.7. The van der Waals surface area contributed by atoms with Crippen molar-refractivity contribution < 1.29 is 0 Å². The first-order chi connectivity index (χ1) is 26.2. The molecule has 0 aliphatic heterocycles. The number of para-hydroxylation sites is 3. The number of hydrogen-bond acceptors (Lipinski definition) is 0. The van der Waals surface area contributed by atoms with Crippen LogP contribution in [0.5, 0.6) is 0 Å². The first-order valence-electron chi connectivity index (χ1n) is 19.4. The Labute approximate surface area is 310 Å². The van der Waals surface area contributed by atoms with Gasteiger partial charge < -0.3 is 13.7 Å². The van der Waals surface area contributed by atoms with Gasteiger partial charge in [-0.05, 0) is 116 Å². The second kappa shape index (κ2) is 12.9. The molecule has 3 heterocycles. The van der Waals surface area contributed by atoms with E-state index in [0.717, 1.165) is 12.8 Å². The summed E-state index contributed by atoms with van der Waals surface area (Å²) in [4.78, 5) is 0. The lowest BCUT2D eigenvalue weighted by Gasteiger charge is -2.12. The molecule has 0 aliphatic rings. The fraction of sp³-hybridized carbons (Fsp3) is 0.160. The smallest absolute Gasteiger partial charge is 0.0562 e. The van der Waals surface area contributed by atoms with Gasteiger partial charge in [0.25, 0.3) is 0 Å². The van der Waals surface area contributed by atoms with Crippen molar-refractivity contribution in [2.45, 2.75) is 52.4 Å². The third-order valence-corrected chi connectivity index (χ3v) is 11.4. The summed E-state index contributed by atoms with van der Waals surface area (Å²) in [6.45, 7) is 4.56. The highest BCUT2D eigenvalue weighted by Gasteiger charge is 2.21. The van der Waals surface area contributed by atoms with Crippen LogP contribution in [0.4, 0.5) is 0 Å². The van der Waals surface area contributed by atoms with Crippen LogP contribution in [0.25, 0.3) is 82.5 Å². The van der Waals surface area contributed by atoms with Crippen molar-refractivity contribution in [3.05, 3.63) is 163 Å². The summed E-state index contributed by atoms with van der Waals surface area (Å²) >= 11 is 0. The summed E-state index contributed by atoms with van der Waals surface area (Å²) in [6, 6.07) is 56.7. The largest absolute Gasteiger partial charge is 0.309 e. The van der Waals surface area contributed by atoms with E-state index < -0.39 is 0 Å². The van der Waals surface area contributed by atoms with Crippen LogP contribution in [0.1, 0.15) is 50.7 Å². The van der Waals surface area contributed by atoms with Gasteiger partial charge in [-0.3, -0.25) is 0 Å². The summed E-state index contributed by atoms with van der Waals surface area (Å²) in [5.74, 6) is 0. The van der Waals surface area contributed by atoms with E-state index in [1.165, 1.54) is 119 Å². The summed E-state index contributed by atoms with van der Waals surface area (Å²) in [5.41, 5.74) is 13.8. The number of benzene rings is 7. The molecule has 0 spiro atoms. The van der Waals surface area contributed by atoms with Crippen LogP contribution in [0, 0.1) is 0 Å². The van der Waals surface area contributed by atoms with Gasteiger partial charge in [0.2, 0.25) is 0 Å². The predicted molar refractivity (Wildman–Crippen MR) is 227 cm³/mol. The minimum absolute atomic E-state index is 1.12. The van der Waals surface area contributed by atoms with Crippen molar-refractivity contribution in [3.63, 3.8) is 0 Å². The van der Waals surface area contributed by atoms with Crippen LogP contribution in [-0.2, 0) is 12.8 Å². The van der Waals surface area contributed by atoms with Gasteiger partial charge >= 0.3 is 0 Å². The Morgan fingerprint density at radius 2 is 0.868 bits per heavy atom. The molecule has 0 fully saturated rings. The van der Waals surface area contributed by atoms with Gasteiger partial charge in [0.15, 0.2) is 0 Å². The van der Waals surface area contributed by atoms with E-state index in [-0.39, 0.29) is 0 Å². The molecule has 3 nitrogen and oxygen atoms in total. The average Bonchev–Trinajstić information content (AvgIpc) is 3.84. The average molecular weight is 686 g/mol. The zero-order valence-corrected chi connectivity index (χ0v) is 30.5. The summed E-state index contributed by atoms with van der Waals surface area (Å²) in [6.07, 6.45) is 7.06. The molecule has 53 heavy (non-hydrogen) atoms. The number of rotatable bonds is 9. The summed E-state index contributed by atoms with van der Waals surface area (Å²) in [7, 11) is 0. The molecule has 0 saturated carbocycles. The molecule has 3 heteroatoms. The van der Waals surface area contributed by atoms with Gasteiger partial charge in [0, 0.05) is 43.7 Å². The van der Waals surface area contributed by atoms with Crippen molar-refractivity contribution in [1.29, 1.82) is 0 Å². The molecule has 0 N–H and O–H groups in total. The van der Waals surface area contributed by atoms with Crippen LogP contribution in [0.3, 0.4) is 0 Å². The second-order valence-corrected chi connectivity index (χ2v) is 14.7. The zero-order valence-electron chi connectivity index (χ0n) is 30.5. The standard InChI is InChI=1S/C50H43N3/c1-3-5-15-34-25-28-46-40(31-34)41-32-35(16-6-4-2)26-29-47(41)53(46)49-24-14-23-48-50(49)39-20-11-13-22-44(39)52(48)37-27-30-45-42(33-37)38-19-10-12-21-43(38)51(45)36-17-8-7-9-18-36/h7-14,17-33H,3-6,15-16H2,1-2H3. The molecule has 3 aromatic heterocycles. The van der Waals surface area contributed by atoms with Crippen molar-refractivity contribution in [3.8, 4) is 17.1 Å². The maximum absolute atomic E-state index is 2.54. The maximum Gasteiger partial charge on any atom is 0.0562 e.